The Morgan fingerprint density at radius 1 is 0.558 bits per heavy atom. The summed E-state index contributed by atoms with van der Waals surface area (Å²) in [7, 11) is 0. The third-order valence-corrected chi connectivity index (χ3v) is 9.54. The van der Waals surface area contributed by atoms with Crippen LogP contribution in [0.2, 0.25) is 0 Å². The van der Waals surface area contributed by atoms with Crippen molar-refractivity contribution in [2.75, 3.05) is 0 Å². The molecule has 6 heteroatoms. The van der Waals surface area contributed by atoms with Crippen LogP contribution >= 0.6 is 0 Å². The maximum atomic E-state index is 5.28. The van der Waals surface area contributed by atoms with Gasteiger partial charge in [0.15, 0.2) is 0 Å². The predicted molar refractivity (Wildman–Crippen MR) is 180 cm³/mol. The van der Waals surface area contributed by atoms with Crippen molar-refractivity contribution in [2.45, 2.75) is 6.92 Å². The van der Waals surface area contributed by atoms with Crippen molar-refractivity contribution in [1.82, 2.24) is 23.5 Å². The molecule has 0 bridgehead atoms. The van der Waals surface area contributed by atoms with E-state index in [1.165, 1.54) is 21.9 Å². The summed E-state index contributed by atoms with van der Waals surface area (Å²) < 4.78 is 8.24. The first-order valence-corrected chi connectivity index (χ1v) is 16.6. The van der Waals surface area contributed by atoms with Gasteiger partial charge in [-0.25, -0.2) is 0 Å². The van der Waals surface area contributed by atoms with Crippen molar-refractivity contribution in [2.24, 2.45) is 0 Å². The van der Waals surface area contributed by atoms with Gasteiger partial charge in [-0.3, -0.25) is 0 Å². The number of pyridine rings is 1. The molecule has 204 valence electrons. The Morgan fingerprint density at radius 2 is 1.21 bits per heavy atom. The van der Waals surface area contributed by atoms with Gasteiger partial charge < -0.3 is 0 Å². The number of hydrogen-bond acceptors (Lipinski definition) is 2. The van der Waals surface area contributed by atoms with E-state index in [0.29, 0.717) is 24.7 Å². The number of rotatable bonds is 3. The molecule has 5 aromatic carbocycles. The van der Waals surface area contributed by atoms with Gasteiger partial charge in [0, 0.05) is 0 Å². The Bertz CT molecular complexity index is 2500. The summed E-state index contributed by atoms with van der Waals surface area (Å²) in [5.74, 6) is 0.896. The van der Waals surface area contributed by atoms with Crippen molar-refractivity contribution >= 4 is 77.8 Å². The number of hydrogen-bond donors (Lipinski definition) is 0. The van der Waals surface area contributed by atoms with Gasteiger partial charge in [0.05, 0.1) is 0 Å². The van der Waals surface area contributed by atoms with Gasteiger partial charge in [0.1, 0.15) is 0 Å². The van der Waals surface area contributed by atoms with E-state index in [1.54, 1.807) is 0 Å². The van der Waals surface area contributed by atoms with Crippen LogP contribution in [0.3, 0.4) is 0 Å². The van der Waals surface area contributed by atoms with E-state index >= 15 is 0 Å². The molecular formula is C37H26BiN5. The molecule has 5 nitrogen and oxygen atoms in total. The third-order valence-electron chi connectivity index (χ3n) is 8.39. The summed E-state index contributed by atoms with van der Waals surface area (Å²) in [6, 6.07) is 45.3. The van der Waals surface area contributed by atoms with Gasteiger partial charge in [-0.2, -0.15) is 0 Å². The first-order valence-electron chi connectivity index (χ1n) is 14.4. The minimum absolute atomic E-state index is 0.625. The summed E-state index contributed by atoms with van der Waals surface area (Å²) >= 11 is 0.625. The van der Waals surface area contributed by atoms with E-state index in [2.05, 4.69) is 148 Å². The number of aryl methyl sites for hydroxylation is 1. The standard InChI is InChI=1S/C37H24N5.Bi.2H/c1-24-20-21-38-30(22-24)34-35-28(27-16-8-10-18-31(27)40(35)25-12-4-2-5-13-25)23-33-36(34)41(26-14-6-3-7-15-26)37-39-29-17-9-11-19-32(29)42(33)37;;;/h2-20,22-23H,1H3;;;. The summed E-state index contributed by atoms with van der Waals surface area (Å²) in [5.41, 5.74) is 12.2. The van der Waals surface area contributed by atoms with E-state index in [-0.39, 0.29) is 0 Å². The average Bonchev–Trinajstić information content (AvgIpc) is 3.67. The van der Waals surface area contributed by atoms with Crippen LogP contribution in [0.1, 0.15) is 5.56 Å². The zero-order valence-corrected chi connectivity index (χ0v) is 27.9. The molecule has 0 aliphatic heterocycles. The first kappa shape index (κ1) is 24.8. The zero-order chi connectivity index (χ0) is 28.7. The van der Waals surface area contributed by atoms with E-state index in [1.807, 2.05) is 0 Å². The zero-order valence-electron chi connectivity index (χ0n) is 23.4. The molecule has 4 aromatic heterocycles. The number of fused-ring (bicyclic) bond motifs is 8. The molecule has 9 aromatic rings. The normalized spacial score (nSPS) is 12.0. The Morgan fingerprint density at radius 3 is 1.95 bits per heavy atom. The van der Waals surface area contributed by atoms with Crippen molar-refractivity contribution < 1.29 is 0 Å². The first-order chi connectivity index (χ1) is 21.2. The number of benzene rings is 5. The van der Waals surface area contributed by atoms with Gasteiger partial charge in [-0.15, -0.1) is 0 Å². The van der Waals surface area contributed by atoms with Crippen LogP contribution in [0.5, 0.6) is 0 Å². The molecule has 9 rings (SSSR count). The predicted octanol–water partition coefficient (Wildman–Crippen LogP) is 7.16. The summed E-state index contributed by atoms with van der Waals surface area (Å²) in [6.07, 6.45) is 0. The van der Waals surface area contributed by atoms with Crippen molar-refractivity contribution in [3.8, 4) is 22.6 Å². The summed E-state index contributed by atoms with van der Waals surface area (Å²) in [4.78, 5) is 10.5. The molecule has 0 atom stereocenters. The van der Waals surface area contributed by atoms with Gasteiger partial charge >= 0.3 is 264 Å². The van der Waals surface area contributed by atoms with E-state index in [0.717, 1.165) is 59.4 Å². The Labute approximate surface area is 262 Å². The fraction of sp³-hybridized carbons (Fsp3) is 0.0270. The number of imidazole rings is 2. The van der Waals surface area contributed by atoms with Crippen LogP contribution in [0.25, 0.3) is 72.3 Å². The average molecular weight is 750 g/mol. The maximum absolute atomic E-state index is 5.28. The van der Waals surface area contributed by atoms with Gasteiger partial charge in [0.25, 0.3) is 0 Å². The molecule has 0 saturated carbocycles. The van der Waals surface area contributed by atoms with Crippen molar-refractivity contribution in [3.05, 3.63) is 133 Å². The molecule has 0 unspecified atom stereocenters. The number of para-hydroxylation sites is 5. The van der Waals surface area contributed by atoms with E-state index in [9.17, 15) is 0 Å². The van der Waals surface area contributed by atoms with Crippen LogP contribution in [-0.2, 0) is 0 Å². The van der Waals surface area contributed by atoms with Gasteiger partial charge in [0.2, 0.25) is 0 Å². The van der Waals surface area contributed by atoms with Crippen molar-refractivity contribution in [1.29, 1.82) is 0 Å². The molecule has 0 fully saturated rings. The second-order valence-electron chi connectivity index (χ2n) is 11.1. The minimum atomic E-state index is 0.625. The molecule has 4 heterocycles. The summed E-state index contributed by atoms with van der Waals surface area (Å²) in [5, 5.41) is 2.42. The molecule has 0 aliphatic rings. The van der Waals surface area contributed by atoms with Crippen LogP contribution in [0.4, 0.5) is 0 Å². The third kappa shape index (κ3) is 3.60. The van der Waals surface area contributed by atoms with E-state index < -0.39 is 0 Å². The molecule has 0 saturated heterocycles. The molecule has 0 amide bonds. The Kier molecular flexibility index (Phi) is 5.39. The van der Waals surface area contributed by atoms with Gasteiger partial charge in [-0.1, -0.05) is 0 Å². The summed E-state index contributed by atoms with van der Waals surface area (Å²) in [6.45, 7) is 2.18. The molecule has 0 radical (unpaired) electrons. The van der Waals surface area contributed by atoms with Crippen LogP contribution in [0, 0.1) is 6.92 Å². The molecule has 0 spiro atoms. The Balaban J connectivity index is 1.63. The van der Waals surface area contributed by atoms with Crippen LogP contribution in [-0.4, -0.2) is 48.2 Å². The fourth-order valence-corrected chi connectivity index (χ4v) is 8.29. The molecule has 0 aliphatic carbocycles. The Hall–Kier alpha value is -4.80. The monoisotopic (exact) mass is 749 g/mol. The fourth-order valence-electron chi connectivity index (χ4n) is 6.73. The van der Waals surface area contributed by atoms with E-state index in [4.69, 9.17) is 9.97 Å². The molecule has 0 N–H and O–H groups in total. The topological polar surface area (TPSA) is 40.1 Å². The van der Waals surface area contributed by atoms with Crippen LogP contribution in [0.15, 0.2) is 127 Å². The van der Waals surface area contributed by atoms with Crippen LogP contribution < -0.4 is 3.40 Å². The second-order valence-corrected chi connectivity index (χ2v) is 13.4. The van der Waals surface area contributed by atoms with Gasteiger partial charge in [-0.05, 0) is 0 Å². The van der Waals surface area contributed by atoms with Crippen molar-refractivity contribution in [3.63, 3.8) is 0 Å². The number of nitrogens with zero attached hydrogens (tertiary/aromatic N) is 5. The molecule has 43 heavy (non-hydrogen) atoms. The SMILES string of the molecule is Cc1c[c]([BiH2])nc(-c2c3c(cc4c2n(-c2ccccc2)c2nc5ccccc5n42)c2ccccc2n3-c2ccccc2)c1. The second kappa shape index (κ2) is 9.35. The quantitative estimate of drug-likeness (QED) is 0.180. The number of aromatic nitrogens is 5. The molecular weight excluding hydrogens is 723 g/mol.